The van der Waals surface area contributed by atoms with Crippen molar-refractivity contribution in [3.63, 3.8) is 0 Å². The van der Waals surface area contributed by atoms with Gasteiger partial charge in [0, 0.05) is 18.1 Å². The molecule has 0 aliphatic carbocycles. The van der Waals surface area contributed by atoms with E-state index in [0.29, 0.717) is 6.54 Å². The van der Waals surface area contributed by atoms with Crippen LogP contribution in [0.25, 0.3) is 0 Å². The summed E-state index contributed by atoms with van der Waals surface area (Å²) in [6.45, 7) is 4.11. The normalized spacial score (nSPS) is 11.8. The first kappa shape index (κ1) is 14.0. The van der Waals surface area contributed by atoms with Gasteiger partial charge in [-0.15, -0.1) is 6.58 Å². The molecule has 86 valence electrons. The fraction of sp³-hybridized carbons (Fsp3) is 0.556. The van der Waals surface area contributed by atoms with Gasteiger partial charge >= 0.3 is 0 Å². The van der Waals surface area contributed by atoms with Gasteiger partial charge in [0.1, 0.15) is 0 Å². The van der Waals surface area contributed by atoms with E-state index in [1.54, 1.807) is 17.8 Å². The lowest BCUT2D eigenvalue weighted by Crippen LogP contribution is -2.43. The van der Waals surface area contributed by atoms with Crippen molar-refractivity contribution in [2.24, 2.45) is 11.5 Å². The Kier molecular flexibility index (Phi) is 7.75. The molecule has 0 rings (SSSR count). The fourth-order valence-electron chi connectivity index (χ4n) is 0.854. The van der Waals surface area contributed by atoms with Gasteiger partial charge in [-0.3, -0.25) is 9.59 Å². The average Bonchev–Trinajstić information content (AvgIpc) is 2.16. The number of thioether (sulfide) groups is 1. The molecular formula is C9H17N3O2S. The molecule has 0 aliphatic rings. The lowest BCUT2D eigenvalue weighted by atomic mass is 10.2. The van der Waals surface area contributed by atoms with Gasteiger partial charge in [0.15, 0.2) is 0 Å². The van der Waals surface area contributed by atoms with Gasteiger partial charge in [-0.1, -0.05) is 6.08 Å². The van der Waals surface area contributed by atoms with Gasteiger partial charge in [0.05, 0.1) is 12.5 Å². The summed E-state index contributed by atoms with van der Waals surface area (Å²) in [5.74, 6) is 0.733. The van der Waals surface area contributed by atoms with Crippen LogP contribution < -0.4 is 16.8 Å². The number of nitrogens with one attached hydrogen (secondary N) is 1. The summed E-state index contributed by atoms with van der Waals surface area (Å²) in [6, 6.07) is -0.841. The molecule has 1 unspecified atom stereocenters. The first-order valence-corrected chi connectivity index (χ1v) is 5.73. The maximum Gasteiger partial charge on any atom is 0.237 e. The van der Waals surface area contributed by atoms with E-state index in [2.05, 4.69) is 11.9 Å². The molecule has 0 heterocycles. The van der Waals surface area contributed by atoms with E-state index in [-0.39, 0.29) is 12.3 Å². The minimum Gasteiger partial charge on any atom is -0.370 e. The molecule has 0 radical (unpaired) electrons. The zero-order valence-corrected chi connectivity index (χ0v) is 9.39. The molecular weight excluding hydrogens is 214 g/mol. The molecule has 1 atom stereocenters. The van der Waals surface area contributed by atoms with Crippen molar-refractivity contribution in [3.8, 4) is 0 Å². The highest BCUT2D eigenvalue weighted by Gasteiger charge is 2.14. The van der Waals surface area contributed by atoms with Crippen molar-refractivity contribution in [3.05, 3.63) is 12.7 Å². The van der Waals surface area contributed by atoms with E-state index in [1.165, 1.54) is 0 Å². The van der Waals surface area contributed by atoms with Crippen LogP contribution in [0, 0.1) is 0 Å². The largest absolute Gasteiger partial charge is 0.370 e. The third-order valence-electron chi connectivity index (χ3n) is 1.54. The van der Waals surface area contributed by atoms with Gasteiger partial charge in [0.25, 0.3) is 0 Å². The Bertz CT molecular complexity index is 233. The van der Waals surface area contributed by atoms with E-state index in [0.717, 1.165) is 11.5 Å². The molecule has 0 saturated carbocycles. The summed E-state index contributed by atoms with van der Waals surface area (Å²) in [7, 11) is 0. The van der Waals surface area contributed by atoms with Crippen molar-refractivity contribution in [2.75, 3.05) is 18.1 Å². The smallest absolute Gasteiger partial charge is 0.237 e. The van der Waals surface area contributed by atoms with E-state index in [1.807, 2.05) is 0 Å². The first-order valence-electron chi connectivity index (χ1n) is 4.58. The predicted molar refractivity (Wildman–Crippen MR) is 62.3 cm³/mol. The van der Waals surface area contributed by atoms with Crippen molar-refractivity contribution in [2.45, 2.75) is 12.5 Å². The number of rotatable bonds is 8. The number of primary amides is 1. The summed E-state index contributed by atoms with van der Waals surface area (Å²) in [5.41, 5.74) is 10.3. The van der Waals surface area contributed by atoms with Gasteiger partial charge in [-0.05, 0) is 0 Å². The Morgan fingerprint density at radius 2 is 2.20 bits per heavy atom. The third kappa shape index (κ3) is 8.02. The molecule has 6 heteroatoms. The van der Waals surface area contributed by atoms with E-state index >= 15 is 0 Å². The molecule has 0 fully saturated rings. The van der Waals surface area contributed by atoms with Crippen LogP contribution in [0.2, 0.25) is 0 Å². The first-order chi connectivity index (χ1) is 7.07. The number of nitrogens with two attached hydrogens (primary N) is 2. The van der Waals surface area contributed by atoms with Crippen LogP contribution in [0.3, 0.4) is 0 Å². The van der Waals surface area contributed by atoms with Gasteiger partial charge in [0.2, 0.25) is 11.8 Å². The van der Waals surface area contributed by atoms with Crippen LogP contribution in [-0.4, -0.2) is 35.9 Å². The molecule has 0 aromatic heterocycles. The molecule has 15 heavy (non-hydrogen) atoms. The second-order valence-corrected chi connectivity index (χ2v) is 4.08. The maximum absolute atomic E-state index is 11.2. The zero-order valence-electron chi connectivity index (χ0n) is 8.57. The number of carbonyl (C=O) groups is 2. The van der Waals surface area contributed by atoms with Crippen molar-refractivity contribution in [1.82, 2.24) is 5.32 Å². The highest BCUT2D eigenvalue weighted by Crippen LogP contribution is 1.97. The zero-order chi connectivity index (χ0) is 11.7. The minimum absolute atomic E-state index is 0.119. The minimum atomic E-state index is -0.841. The van der Waals surface area contributed by atoms with Crippen molar-refractivity contribution in [1.29, 1.82) is 0 Å². The Morgan fingerprint density at radius 3 is 2.73 bits per heavy atom. The Labute approximate surface area is 93.6 Å². The van der Waals surface area contributed by atoms with Crippen LogP contribution in [0.15, 0.2) is 12.7 Å². The monoisotopic (exact) mass is 231 g/mol. The molecule has 5 N–H and O–H groups in total. The SMILES string of the molecule is C=CCSCCNC(=O)C(N)CC(N)=O. The molecule has 0 aliphatic heterocycles. The van der Waals surface area contributed by atoms with E-state index < -0.39 is 11.9 Å². The molecule has 0 spiro atoms. The van der Waals surface area contributed by atoms with Crippen LogP contribution in [0.5, 0.6) is 0 Å². The van der Waals surface area contributed by atoms with Crippen LogP contribution >= 0.6 is 11.8 Å². The van der Waals surface area contributed by atoms with Crippen LogP contribution in [0.1, 0.15) is 6.42 Å². The lowest BCUT2D eigenvalue weighted by Gasteiger charge is -2.09. The van der Waals surface area contributed by atoms with Crippen molar-refractivity contribution < 1.29 is 9.59 Å². The summed E-state index contributed by atoms with van der Waals surface area (Å²) in [4.78, 5) is 21.7. The molecule has 2 amide bonds. The number of hydrogen-bond donors (Lipinski definition) is 3. The summed E-state index contributed by atoms with van der Waals surface area (Å²) in [6.07, 6.45) is 1.68. The number of hydrogen-bond acceptors (Lipinski definition) is 4. The maximum atomic E-state index is 11.2. The van der Waals surface area contributed by atoms with Gasteiger partial charge < -0.3 is 16.8 Å². The molecule has 0 saturated heterocycles. The highest BCUT2D eigenvalue weighted by molar-refractivity contribution is 7.99. The van der Waals surface area contributed by atoms with E-state index in [4.69, 9.17) is 11.5 Å². The van der Waals surface area contributed by atoms with E-state index in [9.17, 15) is 9.59 Å². The standard InChI is InChI=1S/C9H17N3O2S/c1-2-4-15-5-3-12-9(14)7(10)6-8(11)13/h2,7H,1,3-6,10H2,(H2,11,13)(H,12,14). The average molecular weight is 231 g/mol. The Balaban J connectivity index is 3.55. The molecule has 0 aromatic rings. The van der Waals surface area contributed by atoms with Gasteiger partial charge in [-0.2, -0.15) is 11.8 Å². The van der Waals surface area contributed by atoms with Crippen LogP contribution in [-0.2, 0) is 9.59 Å². The Morgan fingerprint density at radius 1 is 1.53 bits per heavy atom. The molecule has 0 aromatic carbocycles. The fourth-order valence-corrected chi connectivity index (χ4v) is 1.43. The summed E-state index contributed by atoms with van der Waals surface area (Å²) < 4.78 is 0. The lowest BCUT2D eigenvalue weighted by molar-refractivity contribution is -0.126. The second-order valence-electron chi connectivity index (χ2n) is 2.93. The quantitative estimate of drug-likeness (QED) is 0.377. The van der Waals surface area contributed by atoms with Gasteiger partial charge in [-0.25, -0.2) is 0 Å². The predicted octanol–water partition coefficient (Wildman–Crippen LogP) is -0.775. The topological polar surface area (TPSA) is 98.2 Å². The highest BCUT2D eigenvalue weighted by atomic mass is 32.2. The number of amides is 2. The summed E-state index contributed by atoms with van der Waals surface area (Å²) >= 11 is 1.66. The second kappa shape index (κ2) is 8.31. The van der Waals surface area contributed by atoms with Crippen LogP contribution in [0.4, 0.5) is 0 Å². The van der Waals surface area contributed by atoms with Crippen molar-refractivity contribution >= 4 is 23.6 Å². The third-order valence-corrected chi connectivity index (χ3v) is 2.50. The number of carbonyl (C=O) groups excluding carboxylic acids is 2. The molecule has 0 bridgehead atoms. The summed E-state index contributed by atoms with van der Waals surface area (Å²) in [5, 5.41) is 2.62. The Hall–Kier alpha value is -1.01. The molecule has 5 nitrogen and oxygen atoms in total.